The zero-order chi connectivity index (χ0) is 23.4. The van der Waals surface area contributed by atoms with Gasteiger partial charge in [-0.1, -0.05) is 30.5 Å². The number of benzene rings is 2. The molecule has 3 aromatic rings. The molecular weight excluding hydrogens is 560 g/mol. The summed E-state index contributed by atoms with van der Waals surface area (Å²) in [6, 6.07) is 9.80. The highest BCUT2D eigenvalue weighted by Crippen LogP contribution is 2.42. The second kappa shape index (κ2) is 10.6. The van der Waals surface area contributed by atoms with Crippen LogP contribution in [0.4, 0.5) is 0 Å². The van der Waals surface area contributed by atoms with Gasteiger partial charge in [-0.15, -0.1) is 10.2 Å². The average molecular weight is 582 g/mol. The second-order valence-corrected chi connectivity index (χ2v) is 10.0. The maximum atomic E-state index is 11.5. The zero-order valence-corrected chi connectivity index (χ0v) is 21.8. The van der Waals surface area contributed by atoms with Crippen molar-refractivity contribution in [3.8, 4) is 11.4 Å². The molecule has 1 aromatic heterocycles. The smallest absolute Gasteiger partial charge is 0.220 e. The number of rotatable bonds is 9. The van der Waals surface area contributed by atoms with Crippen molar-refractivity contribution in [3.05, 3.63) is 84.6 Å². The van der Waals surface area contributed by atoms with Crippen LogP contribution in [-0.4, -0.2) is 32.8 Å². The first-order chi connectivity index (χ1) is 15.2. The van der Waals surface area contributed by atoms with Crippen LogP contribution in [0, 0.1) is 30.9 Å². The van der Waals surface area contributed by atoms with Gasteiger partial charge in [0.2, 0.25) is 6.54 Å². The van der Waals surface area contributed by atoms with Gasteiger partial charge in [-0.3, -0.25) is 14.7 Å². The Balaban J connectivity index is 2.00. The molecule has 0 N–H and O–H groups in total. The molecule has 3 rings (SSSR count). The van der Waals surface area contributed by atoms with Crippen molar-refractivity contribution in [3.63, 3.8) is 0 Å². The van der Waals surface area contributed by atoms with Gasteiger partial charge in [0.25, 0.3) is 0 Å². The van der Waals surface area contributed by atoms with E-state index in [9.17, 15) is 10.1 Å². The Labute approximate surface area is 207 Å². The molecular formula is C22H22Br2N4O3S. The highest BCUT2D eigenvalue weighted by Gasteiger charge is 2.25. The van der Waals surface area contributed by atoms with Gasteiger partial charge in [-0.2, -0.15) is 0 Å². The number of nitro groups is 1. The molecule has 10 heteroatoms. The van der Waals surface area contributed by atoms with E-state index in [1.165, 1.54) is 17.3 Å². The largest absolute Gasteiger partial charge is 0.487 e. The van der Waals surface area contributed by atoms with Gasteiger partial charge in [-0.05, 0) is 93.6 Å². The van der Waals surface area contributed by atoms with E-state index < -0.39 is 5.25 Å². The van der Waals surface area contributed by atoms with Gasteiger partial charge in [0.1, 0.15) is 23.4 Å². The van der Waals surface area contributed by atoms with E-state index >= 15 is 0 Å². The summed E-state index contributed by atoms with van der Waals surface area (Å²) in [6.45, 7) is 9.71. The predicted molar refractivity (Wildman–Crippen MR) is 134 cm³/mol. The van der Waals surface area contributed by atoms with Crippen molar-refractivity contribution >= 4 is 43.6 Å². The van der Waals surface area contributed by atoms with Crippen molar-refractivity contribution in [2.45, 2.75) is 31.2 Å². The Kier molecular flexibility index (Phi) is 8.13. The number of halogens is 2. The molecule has 0 bridgehead atoms. The number of hydrogen-bond donors (Lipinski definition) is 0. The van der Waals surface area contributed by atoms with Gasteiger partial charge >= 0.3 is 0 Å². The van der Waals surface area contributed by atoms with E-state index in [0.29, 0.717) is 32.3 Å². The lowest BCUT2D eigenvalue weighted by molar-refractivity contribution is -0.479. The highest BCUT2D eigenvalue weighted by molar-refractivity contribution is 9.11. The fourth-order valence-corrected chi connectivity index (χ4v) is 5.70. The summed E-state index contributed by atoms with van der Waals surface area (Å²) in [5.74, 6) is 1.33. The molecule has 0 amide bonds. The summed E-state index contributed by atoms with van der Waals surface area (Å²) in [4.78, 5) is 11.2. The maximum absolute atomic E-state index is 11.5. The minimum Gasteiger partial charge on any atom is -0.487 e. The molecule has 0 aliphatic rings. The van der Waals surface area contributed by atoms with E-state index in [1.54, 1.807) is 6.08 Å². The Bertz CT molecular complexity index is 1140. The molecule has 168 valence electrons. The molecule has 0 saturated carbocycles. The first kappa shape index (κ1) is 24.5. The van der Waals surface area contributed by atoms with E-state index in [4.69, 9.17) is 4.74 Å². The van der Waals surface area contributed by atoms with Crippen LogP contribution in [-0.2, 0) is 0 Å². The minimum atomic E-state index is -0.486. The summed E-state index contributed by atoms with van der Waals surface area (Å²) >= 11 is 8.35. The molecule has 0 aliphatic heterocycles. The first-order valence-corrected chi connectivity index (χ1v) is 12.2. The number of nitrogens with zero attached hydrogens (tertiary/aromatic N) is 4. The van der Waals surface area contributed by atoms with Crippen molar-refractivity contribution < 1.29 is 9.66 Å². The summed E-state index contributed by atoms with van der Waals surface area (Å²) < 4.78 is 9.00. The Morgan fingerprint density at radius 1 is 1.19 bits per heavy atom. The highest BCUT2D eigenvalue weighted by atomic mass is 79.9. The van der Waals surface area contributed by atoms with Gasteiger partial charge in [0, 0.05) is 10.6 Å². The van der Waals surface area contributed by atoms with Crippen LogP contribution >= 0.6 is 43.6 Å². The van der Waals surface area contributed by atoms with Crippen molar-refractivity contribution in [2.75, 3.05) is 13.2 Å². The molecule has 0 saturated heterocycles. The van der Waals surface area contributed by atoms with E-state index in [2.05, 4.69) is 61.6 Å². The number of aryl methyl sites for hydroxylation is 3. The molecule has 0 fully saturated rings. The topological polar surface area (TPSA) is 83.1 Å². The van der Waals surface area contributed by atoms with Crippen LogP contribution in [0.1, 0.15) is 27.8 Å². The third kappa shape index (κ3) is 5.60. The second-order valence-electron chi connectivity index (χ2n) is 7.17. The molecule has 1 heterocycles. The summed E-state index contributed by atoms with van der Waals surface area (Å²) in [5.41, 5.74) is 4.03. The molecule has 1 atom stereocenters. The zero-order valence-electron chi connectivity index (χ0n) is 17.8. The normalized spacial score (nSPS) is 11.9. The first-order valence-electron chi connectivity index (χ1n) is 9.72. The van der Waals surface area contributed by atoms with Crippen molar-refractivity contribution in [2.24, 2.45) is 0 Å². The maximum Gasteiger partial charge on any atom is 0.220 e. The molecule has 0 aliphatic carbocycles. The minimum absolute atomic E-state index is 0.269. The predicted octanol–water partition coefficient (Wildman–Crippen LogP) is 6.39. The van der Waals surface area contributed by atoms with Gasteiger partial charge in [0.05, 0.1) is 8.95 Å². The summed E-state index contributed by atoms with van der Waals surface area (Å²) in [7, 11) is 0. The molecule has 32 heavy (non-hydrogen) atoms. The van der Waals surface area contributed by atoms with Crippen LogP contribution in [0.15, 0.2) is 57.1 Å². The Morgan fingerprint density at radius 3 is 2.47 bits per heavy atom. The molecule has 0 radical (unpaired) electrons. The molecule has 0 unspecified atom stereocenters. The van der Waals surface area contributed by atoms with Gasteiger partial charge in [-0.25, -0.2) is 0 Å². The van der Waals surface area contributed by atoms with Gasteiger partial charge < -0.3 is 4.74 Å². The van der Waals surface area contributed by atoms with Crippen LogP contribution in [0.25, 0.3) is 5.69 Å². The number of thioether (sulfide) groups is 1. The summed E-state index contributed by atoms with van der Waals surface area (Å²) in [5, 5.41) is 20.1. The van der Waals surface area contributed by atoms with Crippen LogP contribution in [0.3, 0.4) is 0 Å². The van der Waals surface area contributed by atoms with Gasteiger partial charge in [0.15, 0.2) is 5.16 Å². The monoisotopic (exact) mass is 580 g/mol. The Hall–Kier alpha value is -2.17. The third-order valence-corrected chi connectivity index (χ3v) is 7.20. The van der Waals surface area contributed by atoms with Crippen molar-refractivity contribution in [1.82, 2.24) is 14.8 Å². The fraction of sp³-hybridized carbons (Fsp3) is 0.273. The van der Waals surface area contributed by atoms with E-state index in [-0.39, 0.29) is 11.5 Å². The number of ether oxygens (including phenoxy) is 1. The molecule has 0 spiro atoms. The lowest BCUT2D eigenvalue weighted by atomic mass is 10.1. The SMILES string of the molecule is C=CCOc1c(Br)cc([C@H](C[N+](=O)[O-])Sc2nnc(C)n2-c2ccc(C)c(C)c2)cc1Br. The molecule has 7 nitrogen and oxygen atoms in total. The lowest BCUT2D eigenvalue weighted by Gasteiger charge is -2.17. The standard InChI is InChI=1S/C22H22Br2N4O3S/c1-5-8-31-21-18(23)10-16(11-19(21)24)20(12-27(29)30)32-22-26-25-15(4)28(22)17-7-6-13(2)14(3)9-17/h5-7,9-11,20H,1,8,12H2,2-4H3/t20-/m0/s1. The van der Waals surface area contributed by atoms with E-state index in [0.717, 1.165) is 16.8 Å². The quantitative estimate of drug-likeness (QED) is 0.126. The van der Waals surface area contributed by atoms with Crippen LogP contribution in [0.2, 0.25) is 0 Å². The van der Waals surface area contributed by atoms with Crippen molar-refractivity contribution in [1.29, 1.82) is 0 Å². The average Bonchev–Trinajstić information content (AvgIpc) is 3.08. The number of aromatic nitrogens is 3. The number of hydrogen-bond acceptors (Lipinski definition) is 6. The van der Waals surface area contributed by atoms with Crippen LogP contribution in [0.5, 0.6) is 5.75 Å². The summed E-state index contributed by atoms with van der Waals surface area (Å²) in [6.07, 6.45) is 1.65. The van der Waals surface area contributed by atoms with E-state index in [1.807, 2.05) is 42.7 Å². The fourth-order valence-electron chi connectivity index (χ4n) is 3.10. The lowest BCUT2D eigenvalue weighted by Crippen LogP contribution is -2.11. The third-order valence-electron chi connectivity index (χ3n) is 4.84. The van der Waals surface area contributed by atoms with Crippen LogP contribution < -0.4 is 4.74 Å². The Morgan fingerprint density at radius 2 is 1.88 bits per heavy atom. The molecule has 2 aromatic carbocycles.